The number of nitrogens with two attached hydrogens (primary N) is 1. The topological polar surface area (TPSA) is 49.5 Å². The van der Waals surface area contributed by atoms with Crippen LogP contribution < -0.4 is 5.73 Å². The predicted octanol–water partition coefficient (Wildman–Crippen LogP) is 1.73. The molecule has 0 aliphatic heterocycles. The zero-order valence-corrected chi connectivity index (χ0v) is 10.2. The molecule has 1 aromatic carbocycles. The van der Waals surface area contributed by atoms with E-state index in [2.05, 4.69) is 0 Å². The van der Waals surface area contributed by atoms with Gasteiger partial charge >= 0.3 is 0 Å². The van der Waals surface area contributed by atoms with E-state index in [4.69, 9.17) is 5.73 Å². The highest BCUT2D eigenvalue weighted by atomic mass is 16.3. The Morgan fingerprint density at radius 3 is 2.62 bits per heavy atom. The summed E-state index contributed by atoms with van der Waals surface area (Å²) in [6, 6.07) is 3.95. The van der Waals surface area contributed by atoms with Crippen LogP contribution in [0.2, 0.25) is 0 Å². The van der Waals surface area contributed by atoms with Crippen LogP contribution in [0.15, 0.2) is 18.2 Å². The summed E-state index contributed by atoms with van der Waals surface area (Å²) in [5.41, 5.74) is 8.34. The van der Waals surface area contributed by atoms with E-state index in [0.29, 0.717) is 12.3 Å². The van der Waals surface area contributed by atoms with E-state index in [-0.39, 0.29) is 0 Å². The van der Waals surface area contributed by atoms with E-state index in [1.807, 2.05) is 50.2 Å². The number of phenols is 1. The Bertz CT molecular complexity index is 384. The first-order chi connectivity index (χ1) is 7.54. The quantitative estimate of drug-likeness (QED) is 0.812. The van der Waals surface area contributed by atoms with Gasteiger partial charge in [0.15, 0.2) is 0 Å². The summed E-state index contributed by atoms with van der Waals surface area (Å²) in [4.78, 5) is 2.03. The van der Waals surface area contributed by atoms with Gasteiger partial charge in [0.2, 0.25) is 0 Å². The number of aryl methyl sites for hydroxylation is 1. The third-order valence-electron chi connectivity index (χ3n) is 2.33. The average molecular weight is 220 g/mol. The van der Waals surface area contributed by atoms with Crippen LogP contribution >= 0.6 is 0 Å². The first-order valence-electron chi connectivity index (χ1n) is 5.38. The highest BCUT2D eigenvalue weighted by Crippen LogP contribution is 2.25. The summed E-state index contributed by atoms with van der Waals surface area (Å²) in [5, 5.41) is 9.92. The number of aromatic hydroxyl groups is 1. The smallest absolute Gasteiger partial charge is 0.123 e. The van der Waals surface area contributed by atoms with Crippen molar-refractivity contribution in [2.45, 2.75) is 13.5 Å². The highest BCUT2D eigenvalue weighted by molar-refractivity contribution is 5.56. The molecule has 0 unspecified atom stereocenters. The second kappa shape index (κ2) is 5.68. The normalized spacial score (nSPS) is 11.6. The molecule has 0 bridgehead atoms. The number of phenolic OH excluding ortho intramolecular Hbond substituents is 1. The Morgan fingerprint density at radius 1 is 1.38 bits per heavy atom. The molecule has 0 atom stereocenters. The lowest BCUT2D eigenvalue weighted by atomic mass is 10.0. The van der Waals surface area contributed by atoms with Crippen LogP contribution in [0.5, 0.6) is 5.75 Å². The van der Waals surface area contributed by atoms with Gasteiger partial charge in [-0.1, -0.05) is 12.2 Å². The number of hydrogen-bond donors (Lipinski definition) is 2. The molecule has 0 amide bonds. The fourth-order valence-corrected chi connectivity index (χ4v) is 1.64. The summed E-state index contributed by atoms with van der Waals surface area (Å²) in [6.45, 7) is 3.17. The number of benzene rings is 1. The van der Waals surface area contributed by atoms with E-state index in [1.165, 1.54) is 0 Å². The summed E-state index contributed by atoms with van der Waals surface area (Å²) in [6.07, 6.45) is 3.89. The molecule has 3 nitrogen and oxygen atoms in total. The molecule has 16 heavy (non-hydrogen) atoms. The molecule has 0 radical (unpaired) electrons. The summed E-state index contributed by atoms with van der Waals surface area (Å²) in [5.74, 6) is 0.388. The average Bonchev–Trinajstić information content (AvgIpc) is 2.21. The monoisotopic (exact) mass is 220 g/mol. The molecule has 3 N–H and O–H groups in total. The van der Waals surface area contributed by atoms with Crippen LogP contribution in [-0.2, 0) is 6.54 Å². The van der Waals surface area contributed by atoms with Crippen LogP contribution in [0.1, 0.15) is 16.7 Å². The van der Waals surface area contributed by atoms with Gasteiger partial charge < -0.3 is 15.7 Å². The largest absolute Gasteiger partial charge is 0.507 e. The van der Waals surface area contributed by atoms with Gasteiger partial charge in [0.05, 0.1) is 0 Å². The van der Waals surface area contributed by atoms with Crippen molar-refractivity contribution in [2.75, 3.05) is 20.6 Å². The SMILES string of the molecule is Cc1cc(/C=C/CN)cc(CN(C)C)c1O. The molecule has 0 aromatic heterocycles. The van der Waals surface area contributed by atoms with E-state index < -0.39 is 0 Å². The Kier molecular flexibility index (Phi) is 4.52. The van der Waals surface area contributed by atoms with Crippen molar-refractivity contribution in [3.05, 3.63) is 34.9 Å². The first kappa shape index (κ1) is 12.7. The van der Waals surface area contributed by atoms with Gasteiger partial charge in [0.25, 0.3) is 0 Å². The second-order valence-electron chi connectivity index (χ2n) is 4.22. The third-order valence-corrected chi connectivity index (χ3v) is 2.33. The Labute approximate surface area is 97.2 Å². The van der Waals surface area contributed by atoms with Crippen molar-refractivity contribution >= 4 is 6.08 Å². The van der Waals surface area contributed by atoms with Gasteiger partial charge in [-0.25, -0.2) is 0 Å². The number of nitrogens with zero attached hydrogens (tertiary/aromatic N) is 1. The molecule has 0 aliphatic rings. The predicted molar refractivity (Wildman–Crippen MR) is 68.3 cm³/mol. The summed E-state index contributed by atoms with van der Waals surface area (Å²) >= 11 is 0. The molecule has 0 saturated carbocycles. The maximum atomic E-state index is 9.92. The van der Waals surface area contributed by atoms with Crippen molar-refractivity contribution in [3.63, 3.8) is 0 Å². The molecule has 0 aliphatic carbocycles. The minimum absolute atomic E-state index is 0.388. The lowest BCUT2D eigenvalue weighted by molar-refractivity contribution is 0.385. The summed E-state index contributed by atoms with van der Waals surface area (Å²) in [7, 11) is 3.97. The highest BCUT2D eigenvalue weighted by Gasteiger charge is 2.06. The molecule has 88 valence electrons. The Hall–Kier alpha value is -1.32. The van der Waals surface area contributed by atoms with Gasteiger partial charge in [0, 0.05) is 18.7 Å². The molecule has 0 spiro atoms. The van der Waals surface area contributed by atoms with E-state index in [0.717, 1.165) is 23.2 Å². The second-order valence-corrected chi connectivity index (χ2v) is 4.22. The Balaban J connectivity index is 3.06. The maximum Gasteiger partial charge on any atom is 0.123 e. The molecule has 0 fully saturated rings. The molecule has 3 heteroatoms. The van der Waals surface area contributed by atoms with Crippen molar-refractivity contribution in [3.8, 4) is 5.75 Å². The number of hydrogen-bond acceptors (Lipinski definition) is 3. The standard InChI is InChI=1S/C13H20N2O/c1-10-7-11(5-4-6-14)8-12(13(10)16)9-15(2)3/h4-5,7-8,16H,6,9,14H2,1-3H3/b5-4+. The van der Waals surface area contributed by atoms with Gasteiger partial charge in [0.1, 0.15) is 5.75 Å². The van der Waals surface area contributed by atoms with Gasteiger partial charge in [-0.15, -0.1) is 0 Å². The van der Waals surface area contributed by atoms with Crippen LogP contribution in [0.4, 0.5) is 0 Å². The van der Waals surface area contributed by atoms with Crippen LogP contribution in [0.25, 0.3) is 6.08 Å². The summed E-state index contributed by atoms with van der Waals surface area (Å²) < 4.78 is 0. The van der Waals surface area contributed by atoms with Crippen LogP contribution in [0, 0.1) is 6.92 Å². The molecule has 0 heterocycles. The van der Waals surface area contributed by atoms with E-state index in [9.17, 15) is 5.11 Å². The fraction of sp³-hybridized carbons (Fsp3) is 0.385. The fourth-order valence-electron chi connectivity index (χ4n) is 1.64. The molecule has 1 rings (SSSR count). The first-order valence-corrected chi connectivity index (χ1v) is 5.38. The minimum atomic E-state index is 0.388. The van der Waals surface area contributed by atoms with Crippen molar-refractivity contribution in [1.29, 1.82) is 0 Å². The molecule has 0 saturated heterocycles. The molecular formula is C13H20N2O. The van der Waals surface area contributed by atoms with Gasteiger partial charge in [-0.05, 0) is 44.3 Å². The van der Waals surface area contributed by atoms with Crippen LogP contribution in [-0.4, -0.2) is 30.6 Å². The van der Waals surface area contributed by atoms with Crippen LogP contribution in [0.3, 0.4) is 0 Å². The zero-order valence-electron chi connectivity index (χ0n) is 10.2. The molecular weight excluding hydrogens is 200 g/mol. The van der Waals surface area contributed by atoms with Gasteiger partial charge in [-0.2, -0.15) is 0 Å². The minimum Gasteiger partial charge on any atom is -0.507 e. The molecule has 1 aromatic rings. The van der Waals surface area contributed by atoms with E-state index >= 15 is 0 Å². The number of rotatable bonds is 4. The van der Waals surface area contributed by atoms with Gasteiger partial charge in [-0.3, -0.25) is 0 Å². The third kappa shape index (κ3) is 3.36. The van der Waals surface area contributed by atoms with Crippen molar-refractivity contribution < 1.29 is 5.11 Å². The lowest BCUT2D eigenvalue weighted by Crippen LogP contribution is -2.11. The maximum absolute atomic E-state index is 9.92. The zero-order chi connectivity index (χ0) is 12.1. The van der Waals surface area contributed by atoms with Crippen molar-refractivity contribution in [1.82, 2.24) is 4.90 Å². The lowest BCUT2D eigenvalue weighted by Gasteiger charge is -2.13. The Morgan fingerprint density at radius 2 is 2.06 bits per heavy atom. The van der Waals surface area contributed by atoms with E-state index in [1.54, 1.807) is 0 Å². The van der Waals surface area contributed by atoms with Crippen molar-refractivity contribution in [2.24, 2.45) is 5.73 Å².